The lowest BCUT2D eigenvalue weighted by Crippen LogP contribution is -2.19. The van der Waals surface area contributed by atoms with Gasteiger partial charge in [0.2, 0.25) is 0 Å². The zero-order chi connectivity index (χ0) is 21.3. The standard InChI is InChI=1S/C22H18N4O4/c1-15-21(22(27)25(24(15)2)16-8-4-3-5-9-16)23-14-17-12-13-20(30-17)18-10-6-7-11-19(18)26(28)29/h3-14H,1-2H3. The van der Waals surface area contributed by atoms with E-state index in [0.717, 1.165) is 5.69 Å². The van der Waals surface area contributed by atoms with E-state index in [1.165, 1.54) is 12.3 Å². The van der Waals surface area contributed by atoms with Gasteiger partial charge in [0.25, 0.3) is 11.2 Å². The van der Waals surface area contributed by atoms with Crippen molar-refractivity contribution in [2.45, 2.75) is 6.92 Å². The Morgan fingerprint density at radius 3 is 2.47 bits per heavy atom. The Kier molecular flexibility index (Phi) is 4.89. The quantitative estimate of drug-likeness (QED) is 0.281. The van der Waals surface area contributed by atoms with Gasteiger partial charge in [-0.3, -0.25) is 19.6 Å². The molecule has 0 saturated carbocycles. The summed E-state index contributed by atoms with van der Waals surface area (Å²) in [6.07, 6.45) is 1.44. The third kappa shape index (κ3) is 3.35. The molecule has 0 fully saturated rings. The summed E-state index contributed by atoms with van der Waals surface area (Å²) in [7, 11) is 1.79. The SMILES string of the molecule is Cc1c(N=Cc2ccc(-c3ccccc3[N+](=O)[O-])o2)c(=O)n(-c2ccccc2)n1C. The topological polar surface area (TPSA) is 95.6 Å². The molecule has 0 spiro atoms. The monoisotopic (exact) mass is 402 g/mol. The maximum absolute atomic E-state index is 12.9. The molecule has 0 N–H and O–H groups in total. The van der Waals surface area contributed by atoms with Crippen LogP contribution in [-0.2, 0) is 7.05 Å². The summed E-state index contributed by atoms with van der Waals surface area (Å²) < 4.78 is 9.00. The molecule has 0 radical (unpaired) electrons. The number of para-hydroxylation sites is 2. The van der Waals surface area contributed by atoms with E-state index in [0.29, 0.717) is 28.5 Å². The van der Waals surface area contributed by atoms with Crippen molar-refractivity contribution in [3.05, 3.63) is 98.7 Å². The van der Waals surface area contributed by atoms with Gasteiger partial charge in [0.1, 0.15) is 11.5 Å². The number of aromatic nitrogens is 2. The van der Waals surface area contributed by atoms with Gasteiger partial charge < -0.3 is 4.42 Å². The molecule has 0 amide bonds. The first-order valence-corrected chi connectivity index (χ1v) is 9.19. The van der Waals surface area contributed by atoms with Gasteiger partial charge in [-0.05, 0) is 37.3 Å². The lowest BCUT2D eigenvalue weighted by Gasteiger charge is -2.07. The number of aliphatic imine (C=N–C) groups is 1. The van der Waals surface area contributed by atoms with Gasteiger partial charge in [-0.25, -0.2) is 9.67 Å². The summed E-state index contributed by atoms with van der Waals surface area (Å²) >= 11 is 0. The second kappa shape index (κ2) is 7.67. The van der Waals surface area contributed by atoms with Crippen molar-refractivity contribution < 1.29 is 9.34 Å². The summed E-state index contributed by atoms with van der Waals surface area (Å²) in [4.78, 5) is 28.0. The molecule has 0 saturated heterocycles. The Morgan fingerprint density at radius 1 is 1.03 bits per heavy atom. The predicted octanol–water partition coefficient (Wildman–Crippen LogP) is 4.40. The Morgan fingerprint density at radius 2 is 1.73 bits per heavy atom. The minimum absolute atomic E-state index is 0.0417. The van der Waals surface area contributed by atoms with Crippen molar-refractivity contribution in [2.75, 3.05) is 0 Å². The van der Waals surface area contributed by atoms with E-state index in [1.807, 2.05) is 37.3 Å². The van der Waals surface area contributed by atoms with Crippen LogP contribution in [0.25, 0.3) is 17.0 Å². The fourth-order valence-corrected chi connectivity index (χ4v) is 3.24. The van der Waals surface area contributed by atoms with Gasteiger partial charge in [-0.2, -0.15) is 0 Å². The van der Waals surface area contributed by atoms with E-state index in [-0.39, 0.29) is 11.2 Å². The minimum atomic E-state index is -0.453. The van der Waals surface area contributed by atoms with Gasteiger partial charge in [-0.1, -0.05) is 30.3 Å². The second-order valence-electron chi connectivity index (χ2n) is 6.64. The molecule has 30 heavy (non-hydrogen) atoms. The van der Waals surface area contributed by atoms with Crippen LogP contribution in [0, 0.1) is 17.0 Å². The average molecular weight is 402 g/mol. The molecule has 0 aliphatic heterocycles. The fraction of sp³-hybridized carbons (Fsp3) is 0.0909. The molecule has 150 valence electrons. The minimum Gasteiger partial charge on any atom is -0.455 e. The van der Waals surface area contributed by atoms with E-state index in [4.69, 9.17) is 4.42 Å². The highest BCUT2D eigenvalue weighted by atomic mass is 16.6. The van der Waals surface area contributed by atoms with E-state index in [2.05, 4.69) is 4.99 Å². The van der Waals surface area contributed by atoms with Crippen LogP contribution >= 0.6 is 0 Å². The lowest BCUT2D eigenvalue weighted by atomic mass is 10.1. The summed E-state index contributed by atoms with van der Waals surface area (Å²) in [5.41, 5.74) is 1.83. The van der Waals surface area contributed by atoms with Crippen LogP contribution in [0.5, 0.6) is 0 Å². The van der Waals surface area contributed by atoms with Crippen molar-refractivity contribution in [1.29, 1.82) is 0 Å². The Bertz CT molecular complexity index is 1310. The van der Waals surface area contributed by atoms with Crippen molar-refractivity contribution in [3.8, 4) is 17.0 Å². The van der Waals surface area contributed by atoms with Crippen molar-refractivity contribution in [3.63, 3.8) is 0 Å². The molecular weight excluding hydrogens is 384 g/mol. The first-order valence-electron chi connectivity index (χ1n) is 9.19. The second-order valence-corrected chi connectivity index (χ2v) is 6.64. The summed E-state index contributed by atoms with van der Waals surface area (Å²) in [5.74, 6) is 0.743. The number of nitro groups is 1. The van der Waals surface area contributed by atoms with E-state index < -0.39 is 4.92 Å². The zero-order valence-corrected chi connectivity index (χ0v) is 16.4. The number of rotatable bonds is 5. The van der Waals surface area contributed by atoms with Crippen LogP contribution < -0.4 is 5.56 Å². The normalized spacial score (nSPS) is 11.3. The van der Waals surface area contributed by atoms with Crippen molar-refractivity contribution in [1.82, 2.24) is 9.36 Å². The highest BCUT2D eigenvalue weighted by molar-refractivity contribution is 5.81. The van der Waals surface area contributed by atoms with Crippen LogP contribution in [0.4, 0.5) is 11.4 Å². The van der Waals surface area contributed by atoms with Crippen LogP contribution in [-0.4, -0.2) is 20.5 Å². The molecule has 0 unspecified atom stereocenters. The highest BCUT2D eigenvalue weighted by Gasteiger charge is 2.18. The molecule has 0 aliphatic carbocycles. The number of furan rings is 1. The molecule has 0 atom stereocenters. The molecule has 8 nitrogen and oxygen atoms in total. The number of hydrogen-bond donors (Lipinski definition) is 0. The number of hydrogen-bond acceptors (Lipinski definition) is 5. The van der Waals surface area contributed by atoms with Crippen molar-refractivity contribution in [2.24, 2.45) is 12.0 Å². The maximum Gasteiger partial charge on any atom is 0.297 e. The molecule has 4 aromatic rings. The fourth-order valence-electron chi connectivity index (χ4n) is 3.24. The molecular formula is C22H18N4O4. The van der Waals surface area contributed by atoms with Crippen molar-refractivity contribution >= 4 is 17.6 Å². The van der Waals surface area contributed by atoms with Crippen LogP contribution in [0.3, 0.4) is 0 Å². The molecule has 0 aliphatic rings. The average Bonchev–Trinajstić information content (AvgIpc) is 3.30. The molecule has 0 bridgehead atoms. The molecule has 2 aromatic heterocycles. The highest BCUT2D eigenvalue weighted by Crippen LogP contribution is 2.30. The molecule has 4 rings (SSSR count). The molecule has 2 aromatic carbocycles. The smallest absolute Gasteiger partial charge is 0.297 e. The van der Waals surface area contributed by atoms with Gasteiger partial charge in [0.15, 0.2) is 5.69 Å². The van der Waals surface area contributed by atoms with Gasteiger partial charge >= 0.3 is 0 Å². The summed E-state index contributed by atoms with van der Waals surface area (Å²) in [6, 6.07) is 19.0. The van der Waals surface area contributed by atoms with E-state index in [1.54, 1.807) is 46.7 Å². The van der Waals surface area contributed by atoms with Gasteiger partial charge in [0.05, 0.1) is 28.1 Å². The van der Waals surface area contributed by atoms with E-state index in [9.17, 15) is 14.9 Å². The van der Waals surface area contributed by atoms with Crippen LogP contribution in [0.15, 0.2) is 80.9 Å². The number of nitro benzene ring substituents is 1. The zero-order valence-electron chi connectivity index (χ0n) is 16.4. The van der Waals surface area contributed by atoms with Crippen LogP contribution in [0.1, 0.15) is 11.5 Å². The Hall–Kier alpha value is -4.20. The van der Waals surface area contributed by atoms with Gasteiger partial charge in [0, 0.05) is 13.1 Å². The molecule has 8 heteroatoms. The Labute approximate surface area is 171 Å². The summed E-state index contributed by atoms with van der Waals surface area (Å²) in [5, 5.41) is 11.2. The predicted molar refractivity (Wildman–Crippen MR) is 114 cm³/mol. The first-order chi connectivity index (χ1) is 14.5. The maximum atomic E-state index is 12.9. The van der Waals surface area contributed by atoms with Gasteiger partial charge in [-0.15, -0.1) is 0 Å². The molecule has 2 heterocycles. The van der Waals surface area contributed by atoms with E-state index >= 15 is 0 Å². The van der Waals surface area contributed by atoms with Crippen LogP contribution in [0.2, 0.25) is 0 Å². The third-order valence-corrected chi connectivity index (χ3v) is 4.84. The Balaban J connectivity index is 1.69. The number of benzene rings is 2. The summed E-state index contributed by atoms with van der Waals surface area (Å²) in [6.45, 7) is 1.81. The lowest BCUT2D eigenvalue weighted by molar-refractivity contribution is -0.384. The third-order valence-electron chi connectivity index (χ3n) is 4.84. The first kappa shape index (κ1) is 19.1. The largest absolute Gasteiger partial charge is 0.455 e. The number of nitrogens with zero attached hydrogens (tertiary/aromatic N) is 4.